The third-order valence-electron chi connectivity index (χ3n) is 2.63. The lowest BCUT2D eigenvalue weighted by molar-refractivity contribution is -0.144. The van der Waals surface area contributed by atoms with E-state index >= 15 is 0 Å². The maximum absolute atomic E-state index is 12.1. The minimum Gasteiger partial charge on any atom is -0.496 e. The summed E-state index contributed by atoms with van der Waals surface area (Å²) in [6.07, 6.45) is 2.00. The van der Waals surface area contributed by atoms with E-state index in [1.54, 1.807) is 25.3 Å². The van der Waals surface area contributed by atoms with Crippen molar-refractivity contribution in [3.8, 4) is 5.75 Å². The molecule has 17 heavy (non-hydrogen) atoms. The van der Waals surface area contributed by atoms with Gasteiger partial charge in [-0.15, -0.1) is 0 Å². The minimum atomic E-state index is -0.104. The van der Waals surface area contributed by atoms with Gasteiger partial charge < -0.3 is 4.74 Å². The van der Waals surface area contributed by atoms with Crippen molar-refractivity contribution in [2.24, 2.45) is 0 Å². The predicted molar refractivity (Wildman–Crippen MR) is 66.9 cm³/mol. The standard InChI is InChI=1S/C12H14BrNO3/c1-16-11-5-4-9(8-10(11)13)12(15)14-6-2-3-7-17-14/h4-5,8H,2-3,6-7H2,1H3. The summed E-state index contributed by atoms with van der Waals surface area (Å²) < 4.78 is 5.89. The lowest BCUT2D eigenvalue weighted by Crippen LogP contribution is -2.35. The van der Waals surface area contributed by atoms with Crippen LogP contribution in [-0.2, 0) is 4.84 Å². The molecule has 1 aliphatic rings. The fourth-order valence-corrected chi connectivity index (χ4v) is 2.24. The number of hydroxylamine groups is 2. The molecule has 1 fully saturated rings. The monoisotopic (exact) mass is 299 g/mol. The zero-order valence-corrected chi connectivity index (χ0v) is 11.2. The number of halogens is 1. The number of benzene rings is 1. The number of methoxy groups -OCH3 is 1. The molecule has 1 aromatic carbocycles. The zero-order valence-electron chi connectivity index (χ0n) is 9.61. The van der Waals surface area contributed by atoms with E-state index in [1.807, 2.05) is 0 Å². The van der Waals surface area contributed by atoms with E-state index < -0.39 is 0 Å². The summed E-state index contributed by atoms with van der Waals surface area (Å²) in [5, 5.41) is 1.43. The first kappa shape index (κ1) is 12.4. The third kappa shape index (κ3) is 2.79. The molecule has 1 saturated heterocycles. The van der Waals surface area contributed by atoms with Crippen LogP contribution < -0.4 is 4.74 Å². The molecule has 4 nitrogen and oxygen atoms in total. The SMILES string of the molecule is COc1ccc(C(=O)N2CCCCO2)cc1Br. The number of hydrogen-bond donors (Lipinski definition) is 0. The Labute approximate surface area is 109 Å². The van der Waals surface area contributed by atoms with Crippen molar-refractivity contribution in [3.63, 3.8) is 0 Å². The second-order valence-corrected chi connectivity index (χ2v) is 4.65. The number of carbonyl (C=O) groups excluding carboxylic acids is 1. The largest absolute Gasteiger partial charge is 0.496 e. The average molecular weight is 300 g/mol. The van der Waals surface area contributed by atoms with Gasteiger partial charge >= 0.3 is 0 Å². The Morgan fingerprint density at radius 2 is 2.29 bits per heavy atom. The Morgan fingerprint density at radius 1 is 1.47 bits per heavy atom. The number of ether oxygens (including phenoxy) is 1. The summed E-state index contributed by atoms with van der Waals surface area (Å²) in [4.78, 5) is 17.4. The Bertz CT molecular complexity index is 416. The van der Waals surface area contributed by atoms with E-state index in [2.05, 4.69) is 15.9 Å². The quantitative estimate of drug-likeness (QED) is 0.843. The van der Waals surface area contributed by atoms with E-state index in [0.717, 1.165) is 17.3 Å². The van der Waals surface area contributed by atoms with Crippen molar-refractivity contribution in [3.05, 3.63) is 28.2 Å². The highest BCUT2D eigenvalue weighted by Gasteiger charge is 2.20. The Balaban J connectivity index is 2.16. The molecular weight excluding hydrogens is 286 g/mol. The normalized spacial score (nSPS) is 15.8. The van der Waals surface area contributed by atoms with Gasteiger partial charge in [-0.1, -0.05) is 0 Å². The molecule has 1 aliphatic heterocycles. The molecule has 5 heteroatoms. The van der Waals surface area contributed by atoms with Crippen molar-refractivity contribution in [2.45, 2.75) is 12.8 Å². The summed E-state index contributed by atoms with van der Waals surface area (Å²) in [6.45, 7) is 1.27. The van der Waals surface area contributed by atoms with E-state index in [-0.39, 0.29) is 5.91 Å². The number of hydrogen-bond acceptors (Lipinski definition) is 3. The molecule has 0 aliphatic carbocycles. The fraction of sp³-hybridized carbons (Fsp3) is 0.417. The maximum atomic E-state index is 12.1. The summed E-state index contributed by atoms with van der Waals surface area (Å²) in [6, 6.07) is 5.25. The Morgan fingerprint density at radius 3 is 2.88 bits per heavy atom. The first-order chi connectivity index (χ1) is 8.22. The van der Waals surface area contributed by atoms with Gasteiger partial charge in [0.1, 0.15) is 5.75 Å². The molecule has 0 atom stereocenters. The summed E-state index contributed by atoms with van der Waals surface area (Å²) >= 11 is 3.36. The van der Waals surface area contributed by atoms with Gasteiger partial charge in [-0.25, -0.2) is 5.06 Å². The van der Waals surface area contributed by atoms with Crippen LogP contribution in [0.4, 0.5) is 0 Å². The molecule has 0 N–H and O–H groups in total. The van der Waals surface area contributed by atoms with Crippen LogP contribution in [0.25, 0.3) is 0 Å². The number of nitrogens with zero attached hydrogens (tertiary/aromatic N) is 1. The van der Waals surface area contributed by atoms with Crippen LogP contribution in [0, 0.1) is 0 Å². The molecule has 1 aromatic rings. The van der Waals surface area contributed by atoms with Crippen LogP contribution in [0.5, 0.6) is 5.75 Å². The summed E-state index contributed by atoms with van der Waals surface area (Å²) in [5.74, 6) is 0.606. The van der Waals surface area contributed by atoms with E-state index in [0.29, 0.717) is 24.5 Å². The smallest absolute Gasteiger partial charge is 0.277 e. The van der Waals surface area contributed by atoms with Gasteiger partial charge in [0.05, 0.1) is 18.2 Å². The maximum Gasteiger partial charge on any atom is 0.277 e. The second-order valence-electron chi connectivity index (χ2n) is 3.80. The van der Waals surface area contributed by atoms with Gasteiger partial charge in [-0.3, -0.25) is 9.63 Å². The molecule has 0 aromatic heterocycles. The molecule has 0 radical (unpaired) electrons. The predicted octanol–water partition coefficient (Wildman–Crippen LogP) is 2.63. The fourth-order valence-electron chi connectivity index (χ4n) is 1.70. The highest BCUT2D eigenvalue weighted by atomic mass is 79.9. The van der Waals surface area contributed by atoms with Crippen LogP contribution >= 0.6 is 15.9 Å². The minimum absolute atomic E-state index is 0.104. The third-order valence-corrected chi connectivity index (χ3v) is 3.25. The van der Waals surface area contributed by atoms with Crippen molar-refractivity contribution in [1.82, 2.24) is 5.06 Å². The molecule has 0 unspecified atom stereocenters. The van der Waals surface area contributed by atoms with E-state index in [4.69, 9.17) is 9.57 Å². The highest BCUT2D eigenvalue weighted by molar-refractivity contribution is 9.10. The molecular formula is C12H14BrNO3. The van der Waals surface area contributed by atoms with Crippen molar-refractivity contribution in [1.29, 1.82) is 0 Å². The van der Waals surface area contributed by atoms with Gasteiger partial charge in [0.15, 0.2) is 0 Å². The Hall–Kier alpha value is -1.07. The molecule has 92 valence electrons. The van der Waals surface area contributed by atoms with Crippen molar-refractivity contribution >= 4 is 21.8 Å². The Kier molecular flexibility index (Phi) is 4.02. The number of carbonyl (C=O) groups is 1. The van der Waals surface area contributed by atoms with Crippen LogP contribution in [0.15, 0.2) is 22.7 Å². The molecule has 1 amide bonds. The summed E-state index contributed by atoms with van der Waals surface area (Å²) in [7, 11) is 1.59. The van der Waals surface area contributed by atoms with Gasteiger partial charge in [0, 0.05) is 12.1 Å². The lowest BCUT2D eigenvalue weighted by atomic mass is 10.2. The number of amides is 1. The van der Waals surface area contributed by atoms with Crippen molar-refractivity contribution in [2.75, 3.05) is 20.3 Å². The zero-order chi connectivity index (χ0) is 12.3. The van der Waals surface area contributed by atoms with Gasteiger partial charge in [0.25, 0.3) is 5.91 Å². The van der Waals surface area contributed by atoms with E-state index in [9.17, 15) is 4.79 Å². The van der Waals surface area contributed by atoms with Gasteiger partial charge in [-0.05, 0) is 47.0 Å². The first-order valence-electron chi connectivity index (χ1n) is 5.50. The van der Waals surface area contributed by atoms with Crippen LogP contribution in [0.2, 0.25) is 0 Å². The van der Waals surface area contributed by atoms with Gasteiger partial charge in [-0.2, -0.15) is 0 Å². The first-order valence-corrected chi connectivity index (χ1v) is 6.30. The number of rotatable bonds is 2. The second kappa shape index (κ2) is 5.51. The van der Waals surface area contributed by atoms with Gasteiger partial charge in [0.2, 0.25) is 0 Å². The summed E-state index contributed by atoms with van der Waals surface area (Å²) in [5.41, 5.74) is 0.597. The molecule has 0 spiro atoms. The molecule has 0 saturated carbocycles. The van der Waals surface area contributed by atoms with Crippen LogP contribution in [0.1, 0.15) is 23.2 Å². The van der Waals surface area contributed by atoms with Crippen LogP contribution in [0.3, 0.4) is 0 Å². The van der Waals surface area contributed by atoms with Crippen LogP contribution in [-0.4, -0.2) is 31.2 Å². The van der Waals surface area contributed by atoms with Crippen molar-refractivity contribution < 1.29 is 14.4 Å². The van der Waals surface area contributed by atoms with E-state index in [1.165, 1.54) is 5.06 Å². The lowest BCUT2D eigenvalue weighted by Gasteiger charge is -2.25. The molecule has 2 rings (SSSR count). The average Bonchev–Trinajstić information content (AvgIpc) is 2.39. The topological polar surface area (TPSA) is 38.8 Å². The highest BCUT2D eigenvalue weighted by Crippen LogP contribution is 2.26. The molecule has 0 bridgehead atoms. The molecule has 1 heterocycles.